The van der Waals surface area contributed by atoms with Crippen LogP contribution in [-0.2, 0) is 11.8 Å². The summed E-state index contributed by atoms with van der Waals surface area (Å²) in [7, 11) is 3.58. The number of rotatable bonds is 7. The molecule has 0 saturated carbocycles. The number of anilines is 1. The Morgan fingerprint density at radius 3 is 2.85 bits per heavy atom. The Hall–Kier alpha value is -2.38. The molecule has 2 aromatic carbocycles. The van der Waals surface area contributed by atoms with Gasteiger partial charge < -0.3 is 14.6 Å². The number of thioether (sulfide) groups is 1. The second-order valence-corrected chi connectivity index (χ2v) is 7.49. The van der Waals surface area contributed by atoms with Crippen LogP contribution in [0.25, 0.3) is 0 Å². The smallest absolute Gasteiger partial charge is 0.234 e. The zero-order chi connectivity index (χ0) is 18.4. The van der Waals surface area contributed by atoms with Crippen molar-refractivity contribution in [2.75, 3.05) is 18.2 Å². The zero-order valence-electron chi connectivity index (χ0n) is 14.5. The molecule has 0 aliphatic heterocycles. The number of imidazole rings is 1. The SMILES string of the molecule is COc1cccc(SCC(=O)Nc2ccccc2Sc2nccn2C)c1. The van der Waals surface area contributed by atoms with Gasteiger partial charge in [0.05, 0.1) is 18.6 Å². The number of para-hydroxylation sites is 1. The van der Waals surface area contributed by atoms with E-state index in [1.165, 1.54) is 23.5 Å². The fraction of sp³-hybridized carbons (Fsp3) is 0.158. The van der Waals surface area contributed by atoms with E-state index in [-0.39, 0.29) is 5.91 Å². The summed E-state index contributed by atoms with van der Waals surface area (Å²) in [6, 6.07) is 15.4. The topological polar surface area (TPSA) is 56.1 Å². The standard InChI is InChI=1S/C19H19N3O2S2/c1-22-11-10-20-19(22)26-17-9-4-3-8-16(17)21-18(23)13-25-15-7-5-6-14(12-15)24-2/h3-12H,13H2,1-2H3,(H,21,23). The van der Waals surface area contributed by atoms with Crippen LogP contribution in [0, 0.1) is 0 Å². The Morgan fingerprint density at radius 1 is 1.23 bits per heavy atom. The average Bonchev–Trinajstić information content (AvgIpc) is 3.06. The molecular formula is C19H19N3O2S2. The molecule has 134 valence electrons. The van der Waals surface area contributed by atoms with Gasteiger partial charge in [0.1, 0.15) is 5.75 Å². The van der Waals surface area contributed by atoms with Crippen LogP contribution in [0.2, 0.25) is 0 Å². The minimum absolute atomic E-state index is 0.0503. The lowest BCUT2D eigenvalue weighted by Gasteiger charge is -2.10. The third kappa shape index (κ3) is 4.83. The van der Waals surface area contributed by atoms with Crippen molar-refractivity contribution in [3.8, 4) is 5.75 Å². The molecule has 0 unspecified atom stereocenters. The minimum atomic E-state index is -0.0503. The summed E-state index contributed by atoms with van der Waals surface area (Å²) in [6.07, 6.45) is 3.66. The van der Waals surface area contributed by atoms with Gasteiger partial charge in [0.25, 0.3) is 0 Å². The monoisotopic (exact) mass is 385 g/mol. The molecule has 0 bridgehead atoms. The summed E-state index contributed by atoms with van der Waals surface area (Å²) in [5.41, 5.74) is 0.789. The molecule has 7 heteroatoms. The number of nitrogens with zero attached hydrogens (tertiary/aromatic N) is 2. The highest BCUT2D eigenvalue weighted by atomic mass is 32.2. The molecule has 5 nitrogen and oxygen atoms in total. The lowest BCUT2D eigenvalue weighted by atomic mass is 10.3. The van der Waals surface area contributed by atoms with Crippen molar-refractivity contribution in [3.63, 3.8) is 0 Å². The van der Waals surface area contributed by atoms with E-state index in [9.17, 15) is 4.79 Å². The van der Waals surface area contributed by atoms with E-state index in [4.69, 9.17) is 4.74 Å². The van der Waals surface area contributed by atoms with E-state index in [2.05, 4.69) is 10.3 Å². The molecule has 26 heavy (non-hydrogen) atoms. The predicted molar refractivity (Wildman–Crippen MR) is 106 cm³/mol. The summed E-state index contributed by atoms with van der Waals surface area (Å²) >= 11 is 3.00. The number of amides is 1. The van der Waals surface area contributed by atoms with Crippen LogP contribution in [-0.4, -0.2) is 28.3 Å². The fourth-order valence-electron chi connectivity index (χ4n) is 2.23. The molecule has 1 heterocycles. The first-order chi connectivity index (χ1) is 12.7. The summed E-state index contributed by atoms with van der Waals surface area (Å²) in [5, 5.41) is 3.87. The van der Waals surface area contributed by atoms with Crippen molar-refractivity contribution in [1.29, 1.82) is 0 Å². The maximum Gasteiger partial charge on any atom is 0.234 e. The first-order valence-corrected chi connectivity index (χ1v) is 9.77. The first kappa shape index (κ1) is 18.4. The van der Waals surface area contributed by atoms with Crippen LogP contribution in [0.1, 0.15) is 0 Å². The molecule has 0 atom stereocenters. The molecule has 3 rings (SSSR count). The highest BCUT2D eigenvalue weighted by Gasteiger charge is 2.10. The van der Waals surface area contributed by atoms with Crippen molar-refractivity contribution in [2.24, 2.45) is 7.05 Å². The largest absolute Gasteiger partial charge is 0.497 e. The molecular weight excluding hydrogens is 366 g/mol. The highest BCUT2D eigenvalue weighted by Crippen LogP contribution is 2.32. The molecule has 1 aromatic heterocycles. The van der Waals surface area contributed by atoms with Gasteiger partial charge in [0.2, 0.25) is 5.91 Å². The summed E-state index contributed by atoms with van der Waals surface area (Å²) in [5.74, 6) is 1.06. The number of ether oxygens (including phenoxy) is 1. The van der Waals surface area contributed by atoms with Gasteiger partial charge in [-0.3, -0.25) is 4.79 Å². The number of carbonyl (C=O) groups is 1. The molecule has 0 fully saturated rings. The first-order valence-electron chi connectivity index (χ1n) is 7.96. The third-order valence-corrected chi connectivity index (χ3v) is 5.70. The number of aromatic nitrogens is 2. The molecule has 0 aliphatic carbocycles. The number of nitrogens with one attached hydrogen (secondary N) is 1. The van der Waals surface area contributed by atoms with Crippen LogP contribution in [0.4, 0.5) is 5.69 Å². The summed E-state index contributed by atoms with van der Waals surface area (Å²) in [6.45, 7) is 0. The Morgan fingerprint density at radius 2 is 2.08 bits per heavy atom. The van der Waals surface area contributed by atoms with Crippen LogP contribution >= 0.6 is 23.5 Å². The lowest BCUT2D eigenvalue weighted by molar-refractivity contribution is -0.113. The van der Waals surface area contributed by atoms with Gasteiger partial charge in [-0.2, -0.15) is 0 Å². The van der Waals surface area contributed by atoms with E-state index in [0.717, 1.165) is 26.4 Å². The highest BCUT2D eigenvalue weighted by molar-refractivity contribution is 8.00. The van der Waals surface area contributed by atoms with Crippen LogP contribution in [0.5, 0.6) is 5.75 Å². The third-order valence-electron chi connectivity index (χ3n) is 3.55. The average molecular weight is 386 g/mol. The molecule has 1 amide bonds. The second-order valence-electron chi connectivity index (χ2n) is 5.43. The fourth-order valence-corrected chi connectivity index (χ4v) is 3.87. The molecule has 3 aromatic rings. The number of carbonyl (C=O) groups excluding carboxylic acids is 1. The van der Waals surface area contributed by atoms with E-state index in [0.29, 0.717) is 5.75 Å². The van der Waals surface area contributed by atoms with Crippen molar-refractivity contribution in [1.82, 2.24) is 9.55 Å². The molecule has 1 N–H and O–H groups in total. The van der Waals surface area contributed by atoms with Gasteiger partial charge in [-0.15, -0.1) is 11.8 Å². The van der Waals surface area contributed by atoms with Crippen molar-refractivity contribution >= 4 is 35.1 Å². The van der Waals surface area contributed by atoms with Crippen molar-refractivity contribution in [2.45, 2.75) is 14.9 Å². The Labute approximate surface area is 161 Å². The normalized spacial score (nSPS) is 10.5. The van der Waals surface area contributed by atoms with Crippen LogP contribution in [0.15, 0.2) is 75.9 Å². The molecule has 0 radical (unpaired) electrons. The Balaban J connectivity index is 1.63. The summed E-state index contributed by atoms with van der Waals surface area (Å²) in [4.78, 5) is 18.6. The van der Waals surface area contributed by atoms with E-state index in [1.54, 1.807) is 13.3 Å². The summed E-state index contributed by atoms with van der Waals surface area (Å²) < 4.78 is 7.15. The van der Waals surface area contributed by atoms with E-state index >= 15 is 0 Å². The number of benzene rings is 2. The molecule has 0 aliphatic rings. The maximum atomic E-state index is 12.4. The quantitative estimate of drug-likeness (QED) is 0.614. The van der Waals surface area contributed by atoms with Crippen molar-refractivity contribution < 1.29 is 9.53 Å². The van der Waals surface area contributed by atoms with Crippen LogP contribution < -0.4 is 10.1 Å². The lowest BCUT2D eigenvalue weighted by Crippen LogP contribution is -2.14. The van der Waals surface area contributed by atoms with Gasteiger partial charge in [-0.05, 0) is 42.1 Å². The molecule has 0 spiro atoms. The Kier molecular flexibility index (Phi) is 6.25. The number of hydrogen-bond donors (Lipinski definition) is 1. The van der Waals surface area contributed by atoms with Gasteiger partial charge >= 0.3 is 0 Å². The van der Waals surface area contributed by atoms with E-state index in [1.807, 2.05) is 66.3 Å². The number of methoxy groups -OCH3 is 1. The zero-order valence-corrected chi connectivity index (χ0v) is 16.1. The number of hydrogen-bond acceptors (Lipinski definition) is 5. The van der Waals surface area contributed by atoms with Crippen molar-refractivity contribution in [3.05, 3.63) is 60.9 Å². The van der Waals surface area contributed by atoms with Gasteiger partial charge in [0, 0.05) is 29.2 Å². The number of aryl methyl sites for hydroxylation is 1. The van der Waals surface area contributed by atoms with Gasteiger partial charge in [0.15, 0.2) is 5.16 Å². The minimum Gasteiger partial charge on any atom is -0.497 e. The van der Waals surface area contributed by atoms with Gasteiger partial charge in [-0.1, -0.05) is 18.2 Å². The van der Waals surface area contributed by atoms with E-state index < -0.39 is 0 Å². The predicted octanol–water partition coefficient (Wildman–Crippen LogP) is 4.31. The van der Waals surface area contributed by atoms with Crippen LogP contribution in [0.3, 0.4) is 0 Å². The Bertz CT molecular complexity index is 896. The second kappa shape index (κ2) is 8.82. The molecule has 0 saturated heterocycles. The maximum absolute atomic E-state index is 12.4. The van der Waals surface area contributed by atoms with Gasteiger partial charge in [-0.25, -0.2) is 4.98 Å².